The highest BCUT2D eigenvalue weighted by Gasteiger charge is 2.23. The summed E-state index contributed by atoms with van der Waals surface area (Å²) >= 11 is 11.8. The molecule has 1 heterocycles. The van der Waals surface area contributed by atoms with Gasteiger partial charge in [-0.1, -0.05) is 23.2 Å². The van der Waals surface area contributed by atoms with E-state index in [1.807, 2.05) is 0 Å². The van der Waals surface area contributed by atoms with Gasteiger partial charge in [0.25, 0.3) is 0 Å². The molecular weight excluding hydrogens is 298 g/mol. The minimum atomic E-state index is -0.967. The first-order valence-corrected chi connectivity index (χ1v) is 6.01. The van der Waals surface area contributed by atoms with E-state index < -0.39 is 18.0 Å². The van der Waals surface area contributed by atoms with Crippen molar-refractivity contribution < 1.29 is 18.7 Å². The van der Waals surface area contributed by atoms with E-state index in [1.165, 1.54) is 18.9 Å². The summed E-state index contributed by atoms with van der Waals surface area (Å²) in [6, 6.07) is 0. The van der Waals surface area contributed by atoms with Crippen molar-refractivity contribution in [3.05, 3.63) is 16.0 Å². The first-order chi connectivity index (χ1) is 8.79. The predicted molar refractivity (Wildman–Crippen MR) is 70.6 cm³/mol. The molecule has 0 saturated heterocycles. The average molecular weight is 311 g/mol. The van der Waals surface area contributed by atoms with Gasteiger partial charge >= 0.3 is 5.97 Å². The number of halogens is 3. The molecule has 0 unspecified atom stereocenters. The van der Waals surface area contributed by atoms with Gasteiger partial charge in [-0.3, -0.25) is 0 Å². The maximum absolute atomic E-state index is 13.6. The molecule has 1 aromatic rings. The van der Waals surface area contributed by atoms with E-state index in [1.54, 1.807) is 14.1 Å². The smallest absolute Gasteiger partial charge is 0.346 e. The van der Waals surface area contributed by atoms with Crippen molar-refractivity contribution in [2.24, 2.45) is 0 Å². The van der Waals surface area contributed by atoms with Crippen LogP contribution in [0.25, 0.3) is 0 Å². The van der Waals surface area contributed by atoms with Crippen molar-refractivity contribution in [2.75, 3.05) is 26.1 Å². The number of carbonyl (C=O) groups is 1. The molecule has 1 aromatic heterocycles. The topological polar surface area (TPSA) is 51.7 Å². The summed E-state index contributed by atoms with van der Waals surface area (Å²) in [7, 11) is 4.49. The van der Waals surface area contributed by atoms with Crippen LogP contribution < -0.4 is 9.64 Å². The normalized spacial score (nSPS) is 11.9. The van der Waals surface area contributed by atoms with Gasteiger partial charge in [0.1, 0.15) is 10.0 Å². The fraction of sp³-hybridized carbons (Fsp3) is 0.455. The van der Waals surface area contributed by atoms with Crippen LogP contribution >= 0.6 is 23.2 Å². The SMILES string of the molecule is COC(=O)[C@@H](C)Oc1nc(F)c(Cl)c(N(C)C)c1Cl. The molecule has 0 amide bonds. The Morgan fingerprint density at radius 2 is 1.95 bits per heavy atom. The lowest BCUT2D eigenvalue weighted by Crippen LogP contribution is -2.26. The molecule has 106 valence electrons. The zero-order chi connectivity index (χ0) is 14.7. The second-order valence-electron chi connectivity index (χ2n) is 3.86. The second-order valence-corrected chi connectivity index (χ2v) is 4.62. The van der Waals surface area contributed by atoms with Crippen LogP contribution in [0.15, 0.2) is 0 Å². The van der Waals surface area contributed by atoms with Crippen LogP contribution in [0.2, 0.25) is 10.0 Å². The summed E-state index contributed by atoms with van der Waals surface area (Å²) in [5.74, 6) is -1.77. The predicted octanol–water partition coefficient (Wildman–Crippen LogP) is 2.53. The van der Waals surface area contributed by atoms with Crippen molar-refractivity contribution in [1.82, 2.24) is 4.98 Å². The Morgan fingerprint density at radius 3 is 2.42 bits per heavy atom. The standard InChI is InChI=1S/C11H13Cl2FN2O3/c1-5(11(17)18-4)19-10-7(13)8(16(2)3)6(12)9(14)15-10/h5H,1-4H3/t5-/m1/s1. The lowest BCUT2D eigenvalue weighted by atomic mass is 10.3. The summed E-state index contributed by atoms with van der Waals surface area (Å²) in [6.07, 6.45) is -0.967. The number of methoxy groups -OCH3 is 1. The quantitative estimate of drug-likeness (QED) is 0.632. The van der Waals surface area contributed by atoms with E-state index in [0.717, 1.165) is 0 Å². The number of aromatic nitrogens is 1. The zero-order valence-corrected chi connectivity index (χ0v) is 12.3. The largest absolute Gasteiger partial charge is 0.466 e. The van der Waals surface area contributed by atoms with Crippen LogP contribution in [0.5, 0.6) is 5.88 Å². The fourth-order valence-corrected chi connectivity index (χ4v) is 2.04. The van der Waals surface area contributed by atoms with E-state index in [-0.39, 0.29) is 21.6 Å². The molecule has 0 fully saturated rings. The molecule has 0 aliphatic rings. The lowest BCUT2D eigenvalue weighted by molar-refractivity contribution is -0.148. The molecule has 0 spiro atoms. The fourth-order valence-electron chi connectivity index (χ4n) is 1.33. The van der Waals surface area contributed by atoms with Crippen LogP contribution in [0.4, 0.5) is 10.1 Å². The molecule has 0 N–H and O–H groups in total. The van der Waals surface area contributed by atoms with E-state index in [9.17, 15) is 9.18 Å². The average Bonchev–Trinajstić information content (AvgIpc) is 2.34. The molecule has 5 nitrogen and oxygen atoms in total. The van der Waals surface area contributed by atoms with Gasteiger partial charge in [-0.25, -0.2) is 4.79 Å². The Balaban J connectivity index is 3.19. The van der Waals surface area contributed by atoms with Crippen LogP contribution in [-0.2, 0) is 9.53 Å². The van der Waals surface area contributed by atoms with E-state index >= 15 is 0 Å². The molecule has 1 atom stereocenters. The van der Waals surface area contributed by atoms with Gasteiger partial charge < -0.3 is 14.4 Å². The third-order valence-corrected chi connectivity index (χ3v) is 2.93. The van der Waals surface area contributed by atoms with Gasteiger partial charge in [0.15, 0.2) is 6.10 Å². The van der Waals surface area contributed by atoms with Gasteiger partial charge in [0, 0.05) is 14.1 Å². The summed E-state index contributed by atoms with van der Waals surface area (Å²) < 4.78 is 23.3. The Morgan fingerprint density at radius 1 is 1.37 bits per heavy atom. The summed E-state index contributed by atoms with van der Waals surface area (Å²) in [5, 5.41) is -0.194. The molecule has 0 bridgehead atoms. The first-order valence-electron chi connectivity index (χ1n) is 5.25. The monoisotopic (exact) mass is 310 g/mol. The van der Waals surface area contributed by atoms with Crippen molar-refractivity contribution in [3.63, 3.8) is 0 Å². The highest BCUT2D eigenvalue weighted by molar-refractivity contribution is 6.39. The molecule has 0 saturated carbocycles. The van der Waals surface area contributed by atoms with E-state index in [2.05, 4.69) is 9.72 Å². The minimum absolute atomic E-state index is 0.0205. The molecule has 19 heavy (non-hydrogen) atoms. The molecule has 0 aromatic carbocycles. The van der Waals surface area contributed by atoms with Crippen LogP contribution in [0, 0.1) is 5.95 Å². The molecule has 0 aliphatic heterocycles. The number of esters is 1. The van der Waals surface area contributed by atoms with Gasteiger partial charge in [0.2, 0.25) is 11.8 Å². The van der Waals surface area contributed by atoms with Crippen molar-refractivity contribution >= 4 is 34.9 Å². The van der Waals surface area contributed by atoms with Gasteiger partial charge in [-0.2, -0.15) is 9.37 Å². The van der Waals surface area contributed by atoms with Crippen molar-refractivity contribution in [2.45, 2.75) is 13.0 Å². The highest BCUT2D eigenvalue weighted by atomic mass is 35.5. The molecule has 1 rings (SSSR count). The van der Waals surface area contributed by atoms with Crippen LogP contribution in [0.3, 0.4) is 0 Å². The number of hydrogen-bond donors (Lipinski definition) is 0. The maximum atomic E-state index is 13.6. The Bertz CT molecular complexity index is 497. The number of nitrogens with zero attached hydrogens (tertiary/aromatic N) is 2. The zero-order valence-electron chi connectivity index (χ0n) is 10.8. The third-order valence-electron chi connectivity index (χ3n) is 2.25. The molecule has 0 aliphatic carbocycles. The number of ether oxygens (including phenoxy) is 2. The van der Waals surface area contributed by atoms with E-state index in [0.29, 0.717) is 0 Å². The first kappa shape index (κ1) is 15.8. The summed E-state index contributed by atoms with van der Waals surface area (Å²) in [5.41, 5.74) is 0.225. The third kappa shape index (κ3) is 3.39. The Hall–Kier alpha value is -1.27. The van der Waals surface area contributed by atoms with Gasteiger partial charge in [-0.05, 0) is 6.92 Å². The van der Waals surface area contributed by atoms with Gasteiger partial charge in [-0.15, -0.1) is 0 Å². The minimum Gasteiger partial charge on any atom is -0.466 e. The molecule has 0 radical (unpaired) electrons. The van der Waals surface area contributed by atoms with Crippen molar-refractivity contribution in [3.8, 4) is 5.88 Å². The maximum Gasteiger partial charge on any atom is 0.346 e. The summed E-state index contributed by atoms with van der Waals surface area (Å²) in [6.45, 7) is 1.44. The van der Waals surface area contributed by atoms with Crippen molar-refractivity contribution in [1.29, 1.82) is 0 Å². The Labute approximate surface area is 120 Å². The van der Waals surface area contributed by atoms with Crippen LogP contribution in [0.1, 0.15) is 6.92 Å². The number of pyridine rings is 1. The van der Waals surface area contributed by atoms with E-state index in [4.69, 9.17) is 27.9 Å². The number of carbonyl (C=O) groups excluding carboxylic acids is 1. The second kappa shape index (κ2) is 6.25. The summed E-state index contributed by atoms with van der Waals surface area (Å²) in [4.78, 5) is 16.3. The number of rotatable bonds is 4. The number of hydrogen-bond acceptors (Lipinski definition) is 5. The molecular formula is C11H13Cl2FN2O3. The number of anilines is 1. The highest BCUT2D eigenvalue weighted by Crippen LogP contribution is 2.39. The molecule has 8 heteroatoms. The van der Waals surface area contributed by atoms with Crippen LogP contribution in [-0.4, -0.2) is 38.3 Å². The van der Waals surface area contributed by atoms with Gasteiger partial charge in [0.05, 0.1) is 12.8 Å². The lowest BCUT2D eigenvalue weighted by Gasteiger charge is -2.19. The Kier molecular flexibility index (Phi) is 5.20.